The molecule has 62 valence electrons. The molecule has 0 radical (unpaired) electrons. The molecule has 2 aromatic heterocycles. The highest BCUT2D eigenvalue weighted by molar-refractivity contribution is 7.17. The maximum Gasteiger partial charge on any atom is 0.194 e. The first-order chi connectivity index (χ1) is 5.83. The highest BCUT2D eigenvalue weighted by Gasteiger charge is 2.06. The van der Waals surface area contributed by atoms with Gasteiger partial charge in [-0.1, -0.05) is 0 Å². The van der Waals surface area contributed by atoms with Crippen molar-refractivity contribution in [2.24, 2.45) is 0 Å². The van der Waals surface area contributed by atoms with Gasteiger partial charge in [-0.25, -0.2) is 4.98 Å². The number of rotatable bonds is 2. The van der Waals surface area contributed by atoms with Crippen LogP contribution in [0.1, 0.15) is 10.6 Å². The Morgan fingerprint density at radius 1 is 1.75 bits per heavy atom. The average Bonchev–Trinajstić information content (AvgIpc) is 2.58. The summed E-state index contributed by atoms with van der Waals surface area (Å²) >= 11 is 1.58. The van der Waals surface area contributed by atoms with Crippen LogP contribution in [0.5, 0.6) is 0 Å². The number of aromatic nitrogens is 2. The van der Waals surface area contributed by atoms with Crippen molar-refractivity contribution in [2.45, 2.75) is 13.3 Å². The first-order valence-corrected chi connectivity index (χ1v) is 4.49. The van der Waals surface area contributed by atoms with Crippen LogP contribution in [0.4, 0.5) is 0 Å². The van der Waals surface area contributed by atoms with Crippen molar-refractivity contribution in [3.8, 4) is 0 Å². The third-order valence-corrected chi connectivity index (χ3v) is 3.05. The zero-order valence-electron chi connectivity index (χ0n) is 6.65. The molecule has 0 atom stereocenters. The fourth-order valence-corrected chi connectivity index (χ4v) is 2.23. The molecule has 0 aromatic carbocycles. The predicted molar refractivity (Wildman–Crippen MR) is 47.6 cm³/mol. The molecule has 2 heterocycles. The Hall–Kier alpha value is -1.16. The Balaban J connectivity index is 2.62. The van der Waals surface area contributed by atoms with E-state index < -0.39 is 0 Å². The van der Waals surface area contributed by atoms with Crippen LogP contribution >= 0.6 is 11.3 Å². The molecule has 4 heteroatoms. The zero-order chi connectivity index (χ0) is 8.55. The van der Waals surface area contributed by atoms with Crippen LogP contribution in [-0.2, 0) is 11.2 Å². The molecule has 0 saturated heterocycles. The summed E-state index contributed by atoms with van der Waals surface area (Å²) in [7, 11) is 0. The summed E-state index contributed by atoms with van der Waals surface area (Å²) in [6, 6.07) is 0. The molecular formula is C8H8N2OS. The first kappa shape index (κ1) is 7.49. The van der Waals surface area contributed by atoms with Crippen molar-refractivity contribution >= 4 is 22.6 Å². The molecule has 0 spiro atoms. The molecule has 0 bridgehead atoms. The Kier molecular flexibility index (Phi) is 1.69. The minimum Gasteiger partial charge on any atom is -0.303 e. The van der Waals surface area contributed by atoms with Crippen LogP contribution in [0.15, 0.2) is 12.4 Å². The summed E-state index contributed by atoms with van der Waals surface area (Å²) in [5, 5.41) is 0. The Morgan fingerprint density at radius 3 is 3.25 bits per heavy atom. The third kappa shape index (κ3) is 0.956. The summed E-state index contributed by atoms with van der Waals surface area (Å²) in [6.45, 7) is 2.00. The van der Waals surface area contributed by atoms with Crippen LogP contribution in [0.3, 0.4) is 0 Å². The molecular weight excluding hydrogens is 172 g/mol. The topological polar surface area (TPSA) is 34.4 Å². The van der Waals surface area contributed by atoms with Gasteiger partial charge in [0.2, 0.25) is 0 Å². The van der Waals surface area contributed by atoms with Crippen LogP contribution in [-0.4, -0.2) is 15.7 Å². The van der Waals surface area contributed by atoms with E-state index in [9.17, 15) is 4.79 Å². The van der Waals surface area contributed by atoms with E-state index in [4.69, 9.17) is 0 Å². The summed E-state index contributed by atoms with van der Waals surface area (Å²) in [5.74, 6) is 0. The minimum atomic E-state index is 0.500. The molecule has 0 aliphatic heterocycles. The molecule has 0 amide bonds. The Bertz CT molecular complexity index is 416. The molecule has 2 aromatic rings. The van der Waals surface area contributed by atoms with Gasteiger partial charge in [0.05, 0.1) is 0 Å². The van der Waals surface area contributed by atoms with Gasteiger partial charge in [0, 0.05) is 29.4 Å². The first-order valence-electron chi connectivity index (χ1n) is 3.68. The molecule has 0 saturated carbocycles. The lowest BCUT2D eigenvalue weighted by molar-refractivity contribution is -0.107. The second-order valence-corrected chi connectivity index (χ2v) is 3.62. The molecule has 0 fully saturated rings. The molecule has 3 nitrogen and oxygen atoms in total. The van der Waals surface area contributed by atoms with Crippen molar-refractivity contribution in [1.82, 2.24) is 9.38 Å². The number of carbonyl (C=O) groups is 1. The van der Waals surface area contributed by atoms with Crippen LogP contribution < -0.4 is 0 Å². The SMILES string of the molecule is Cc1c(CC=O)sc2nccn12. The standard InChI is InChI=1S/C8H8N2OS/c1-6-7(2-5-11)12-8-9-3-4-10(6)8/h3-5H,2H2,1H3. The molecule has 2 rings (SSSR count). The molecule has 0 unspecified atom stereocenters. The quantitative estimate of drug-likeness (QED) is 0.655. The maximum absolute atomic E-state index is 10.3. The predicted octanol–water partition coefficient (Wildman–Crippen LogP) is 1.45. The lowest BCUT2D eigenvalue weighted by Crippen LogP contribution is -1.87. The molecule has 0 N–H and O–H groups in total. The van der Waals surface area contributed by atoms with Gasteiger partial charge in [0.25, 0.3) is 0 Å². The molecule has 0 aliphatic carbocycles. The number of hydrogen-bond acceptors (Lipinski definition) is 3. The smallest absolute Gasteiger partial charge is 0.194 e. The highest BCUT2D eigenvalue weighted by Crippen LogP contribution is 2.21. The van der Waals surface area contributed by atoms with E-state index in [1.165, 1.54) is 0 Å². The van der Waals surface area contributed by atoms with Crippen molar-refractivity contribution in [3.05, 3.63) is 23.0 Å². The second kappa shape index (κ2) is 2.71. The average molecular weight is 180 g/mol. The van der Waals surface area contributed by atoms with E-state index in [0.717, 1.165) is 21.8 Å². The fraction of sp³-hybridized carbons (Fsp3) is 0.250. The van der Waals surface area contributed by atoms with Crippen molar-refractivity contribution < 1.29 is 4.79 Å². The number of thiazole rings is 1. The minimum absolute atomic E-state index is 0.500. The fourth-order valence-electron chi connectivity index (χ4n) is 1.20. The van der Waals surface area contributed by atoms with Crippen molar-refractivity contribution in [3.63, 3.8) is 0 Å². The molecule has 12 heavy (non-hydrogen) atoms. The Labute approximate surface area is 73.7 Å². The van der Waals surface area contributed by atoms with E-state index in [2.05, 4.69) is 4.98 Å². The van der Waals surface area contributed by atoms with Crippen molar-refractivity contribution in [2.75, 3.05) is 0 Å². The number of imidazole rings is 1. The summed E-state index contributed by atoms with van der Waals surface area (Å²) in [5.41, 5.74) is 1.12. The largest absolute Gasteiger partial charge is 0.303 e. The van der Waals surface area contributed by atoms with Crippen molar-refractivity contribution in [1.29, 1.82) is 0 Å². The van der Waals surface area contributed by atoms with Gasteiger partial charge >= 0.3 is 0 Å². The van der Waals surface area contributed by atoms with Gasteiger partial charge in [-0.05, 0) is 6.92 Å². The van der Waals surface area contributed by atoms with Crippen LogP contribution in [0.25, 0.3) is 4.96 Å². The van der Waals surface area contributed by atoms with E-state index in [-0.39, 0.29) is 0 Å². The lowest BCUT2D eigenvalue weighted by atomic mass is 10.3. The number of hydrogen-bond donors (Lipinski definition) is 0. The highest BCUT2D eigenvalue weighted by atomic mass is 32.1. The number of aryl methyl sites for hydroxylation is 1. The Morgan fingerprint density at radius 2 is 2.58 bits per heavy atom. The third-order valence-electron chi connectivity index (χ3n) is 1.85. The van der Waals surface area contributed by atoms with Crippen LogP contribution in [0.2, 0.25) is 0 Å². The summed E-state index contributed by atoms with van der Waals surface area (Å²) < 4.78 is 2.00. The maximum atomic E-state index is 10.3. The van der Waals surface area contributed by atoms with Gasteiger partial charge < -0.3 is 4.79 Å². The normalized spacial score (nSPS) is 10.8. The zero-order valence-corrected chi connectivity index (χ0v) is 7.47. The van der Waals surface area contributed by atoms with Gasteiger partial charge in [0.1, 0.15) is 6.29 Å². The van der Waals surface area contributed by atoms with Gasteiger partial charge in [-0.3, -0.25) is 4.40 Å². The molecule has 0 aliphatic rings. The monoisotopic (exact) mass is 180 g/mol. The lowest BCUT2D eigenvalue weighted by Gasteiger charge is -1.90. The van der Waals surface area contributed by atoms with Gasteiger partial charge in [-0.15, -0.1) is 11.3 Å². The number of fused-ring (bicyclic) bond motifs is 1. The number of aldehydes is 1. The number of nitrogens with zero attached hydrogens (tertiary/aromatic N) is 2. The van der Waals surface area contributed by atoms with E-state index in [0.29, 0.717) is 6.42 Å². The van der Waals surface area contributed by atoms with E-state index >= 15 is 0 Å². The van der Waals surface area contributed by atoms with E-state index in [1.807, 2.05) is 17.5 Å². The number of carbonyl (C=O) groups excluding carboxylic acids is 1. The summed E-state index contributed by atoms with van der Waals surface area (Å²) in [4.78, 5) is 16.5. The second-order valence-electron chi connectivity index (χ2n) is 2.56. The van der Waals surface area contributed by atoms with Crippen LogP contribution in [0, 0.1) is 6.92 Å². The van der Waals surface area contributed by atoms with E-state index in [1.54, 1.807) is 17.5 Å². The van der Waals surface area contributed by atoms with Gasteiger partial charge in [0.15, 0.2) is 4.96 Å². The van der Waals surface area contributed by atoms with Gasteiger partial charge in [-0.2, -0.15) is 0 Å². The summed E-state index contributed by atoms with van der Waals surface area (Å²) in [6.07, 6.45) is 5.11.